The van der Waals surface area contributed by atoms with Crippen molar-refractivity contribution in [2.75, 3.05) is 5.75 Å². The topological polar surface area (TPSA) is 80.9 Å². The molecule has 1 atom stereocenters. The van der Waals surface area contributed by atoms with Crippen LogP contribution in [0.5, 0.6) is 0 Å². The Bertz CT molecular complexity index is 424. The lowest BCUT2D eigenvalue weighted by atomic mass is 9.93. The molecule has 100 valence electrons. The molecule has 0 aromatic carbocycles. The van der Waals surface area contributed by atoms with Gasteiger partial charge >= 0.3 is 5.97 Å². The molecule has 1 unspecified atom stereocenters. The SMILES string of the molecule is CCC(CC)(C(=O)O)n1nnnc1C1CCCS1. The van der Waals surface area contributed by atoms with Crippen molar-refractivity contribution in [2.45, 2.75) is 50.3 Å². The summed E-state index contributed by atoms with van der Waals surface area (Å²) in [5.41, 5.74) is -1.01. The largest absolute Gasteiger partial charge is 0.479 e. The molecule has 6 nitrogen and oxygen atoms in total. The summed E-state index contributed by atoms with van der Waals surface area (Å²) in [5, 5.41) is 21.5. The molecule has 2 rings (SSSR count). The summed E-state index contributed by atoms with van der Waals surface area (Å²) in [6, 6.07) is 0. The van der Waals surface area contributed by atoms with Crippen molar-refractivity contribution < 1.29 is 9.90 Å². The molecule has 18 heavy (non-hydrogen) atoms. The van der Waals surface area contributed by atoms with Gasteiger partial charge in [-0.25, -0.2) is 9.48 Å². The molecule has 0 spiro atoms. The lowest BCUT2D eigenvalue weighted by molar-refractivity contribution is -0.148. The van der Waals surface area contributed by atoms with E-state index >= 15 is 0 Å². The number of nitrogens with zero attached hydrogens (tertiary/aromatic N) is 4. The fourth-order valence-corrected chi connectivity index (χ4v) is 3.67. The van der Waals surface area contributed by atoms with Gasteiger partial charge in [-0.05, 0) is 41.9 Å². The summed E-state index contributed by atoms with van der Waals surface area (Å²) in [7, 11) is 0. The van der Waals surface area contributed by atoms with Crippen LogP contribution in [0, 0.1) is 0 Å². The Morgan fingerprint density at radius 1 is 1.56 bits per heavy atom. The predicted octanol–water partition coefficient (Wildman–Crippen LogP) is 1.84. The summed E-state index contributed by atoms with van der Waals surface area (Å²) in [5.74, 6) is 0.947. The van der Waals surface area contributed by atoms with E-state index in [2.05, 4.69) is 15.5 Å². The van der Waals surface area contributed by atoms with Crippen LogP contribution < -0.4 is 0 Å². The van der Waals surface area contributed by atoms with Crippen LogP contribution in [-0.4, -0.2) is 37.0 Å². The van der Waals surface area contributed by atoms with Crippen LogP contribution >= 0.6 is 11.8 Å². The van der Waals surface area contributed by atoms with Crippen molar-refractivity contribution in [2.24, 2.45) is 0 Å². The molecule has 1 fully saturated rings. The first-order chi connectivity index (χ1) is 8.65. The zero-order chi connectivity index (χ0) is 13.2. The van der Waals surface area contributed by atoms with Crippen LogP contribution in [0.3, 0.4) is 0 Å². The predicted molar refractivity (Wildman–Crippen MR) is 68.4 cm³/mol. The van der Waals surface area contributed by atoms with E-state index in [1.54, 1.807) is 11.8 Å². The minimum atomic E-state index is -1.01. The van der Waals surface area contributed by atoms with Crippen molar-refractivity contribution in [3.63, 3.8) is 0 Å². The molecule has 1 aliphatic heterocycles. The maximum absolute atomic E-state index is 11.6. The summed E-state index contributed by atoms with van der Waals surface area (Å²) >= 11 is 1.81. The first-order valence-electron chi connectivity index (χ1n) is 6.29. The number of aliphatic carboxylic acids is 1. The van der Waals surface area contributed by atoms with Crippen LogP contribution in [0.25, 0.3) is 0 Å². The lowest BCUT2D eigenvalue weighted by Crippen LogP contribution is -2.43. The molecule has 1 N–H and O–H groups in total. The third-order valence-corrected chi connectivity index (χ3v) is 5.06. The number of carbonyl (C=O) groups is 1. The van der Waals surface area contributed by atoms with Crippen molar-refractivity contribution in [3.8, 4) is 0 Å². The fourth-order valence-electron chi connectivity index (χ4n) is 2.42. The van der Waals surface area contributed by atoms with E-state index in [9.17, 15) is 9.90 Å². The van der Waals surface area contributed by atoms with Gasteiger partial charge in [-0.2, -0.15) is 11.8 Å². The lowest BCUT2D eigenvalue weighted by Gasteiger charge is -2.28. The highest BCUT2D eigenvalue weighted by Gasteiger charge is 2.42. The Labute approximate surface area is 110 Å². The molecular formula is C11H18N4O2S. The maximum Gasteiger partial charge on any atom is 0.331 e. The van der Waals surface area contributed by atoms with Crippen molar-refractivity contribution in [3.05, 3.63) is 5.82 Å². The van der Waals surface area contributed by atoms with Gasteiger partial charge in [0, 0.05) is 0 Å². The number of aromatic nitrogens is 4. The van der Waals surface area contributed by atoms with Gasteiger partial charge in [0.2, 0.25) is 0 Å². The fraction of sp³-hybridized carbons (Fsp3) is 0.818. The highest BCUT2D eigenvalue weighted by atomic mass is 32.2. The van der Waals surface area contributed by atoms with E-state index < -0.39 is 11.5 Å². The number of rotatable bonds is 5. The maximum atomic E-state index is 11.6. The smallest absolute Gasteiger partial charge is 0.331 e. The molecule has 0 amide bonds. The molecule has 1 aliphatic rings. The molecular weight excluding hydrogens is 252 g/mol. The van der Waals surface area contributed by atoms with E-state index in [1.807, 2.05) is 13.8 Å². The van der Waals surface area contributed by atoms with Gasteiger partial charge in [0.1, 0.15) is 0 Å². The van der Waals surface area contributed by atoms with Crippen LogP contribution in [0.2, 0.25) is 0 Å². The van der Waals surface area contributed by atoms with Crippen LogP contribution in [-0.2, 0) is 10.3 Å². The average Bonchev–Trinajstić information content (AvgIpc) is 3.01. The molecule has 1 saturated heterocycles. The van der Waals surface area contributed by atoms with Crippen molar-refractivity contribution >= 4 is 17.7 Å². The first kappa shape index (κ1) is 13.3. The van der Waals surface area contributed by atoms with Gasteiger partial charge in [-0.3, -0.25) is 0 Å². The van der Waals surface area contributed by atoms with Gasteiger partial charge in [0.25, 0.3) is 0 Å². The first-order valence-corrected chi connectivity index (χ1v) is 7.34. The zero-order valence-electron chi connectivity index (χ0n) is 10.7. The van der Waals surface area contributed by atoms with Gasteiger partial charge in [0.15, 0.2) is 11.4 Å². The molecule has 0 bridgehead atoms. The average molecular weight is 270 g/mol. The Morgan fingerprint density at radius 3 is 2.78 bits per heavy atom. The second kappa shape index (κ2) is 5.26. The number of carboxylic acid groups (broad SMARTS) is 1. The van der Waals surface area contributed by atoms with Crippen LogP contribution in [0.15, 0.2) is 0 Å². The standard InChI is InChI=1S/C11H18N4O2S/c1-3-11(4-2,10(16)17)15-9(12-13-14-15)8-6-5-7-18-8/h8H,3-7H2,1-2H3,(H,16,17). The Balaban J connectivity index is 2.42. The molecule has 1 aromatic heterocycles. The second-order valence-electron chi connectivity index (χ2n) is 4.49. The van der Waals surface area contributed by atoms with Crippen molar-refractivity contribution in [1.82, 2.24) is 20.2 Å². The number of tetrazole rings is 1. The van der Waals surface area contributed by atoms with Crippen LogP contribution in [0.1, 0.15) is 50.6 Å². The van der Waals surface area contributed by atoms with Gasteiger partial charge in [-0.1, -0.05) is 13.8 Å². The Hall–Kier alpha value is -1.11. The highest BCUT2D eigenvalue weighted by Crippen LogP contribution is 2.40. The molecule has 2 heterocycles. The van der Waals surface area contributed by atoms with E-state index in [1.165, 1.54) is 4.68 Å². The summed E-state index contributed by atoms with van der Waals surface area (Å²) < 4.78 is 1.54. The number of hydrogen-bond donors (Lipinski definition) is 1. The molecule has 1 aromatic rings. The third-order valence-electron chi connectivity index (χ3n) is 3.68. The van der Waals surface area contributed by atoms with E-state index in [4.69, 9.17) is 0 Å². The normalized spacial score (nSPS) is 20.2. The Kier molecular flexibility index (Phi) is 3.89. The molecule has 0 radical (unpaired) electrons. The number of thioether (sulfide) groups is 1. The molecule has 0 aliphatic carbocycles. The second-order valence-corrected chi connectivity index (χ2v) is 5.81. The summed E-state index contributed by atoms with van der Waals surface area (Å²) in [6.45, 7) is 3.73. The zero-order valence-corrected chi connectivity index (χ0v) is 11.5. The summed E-state index contributed by atoms with van der Waals surface area (Å²) in [4.78, 5) is 11.6. The molecule has 7 heteroatoms. The van der Waals surface area contributed by atoms with E-state index in [-0.39, 0.29) is 5.25 Å². The minimum absolute atomic E-state index is 0.233. The minimum Gasteiger partial charge on any atom is -0.479 e. The van der Waals surface area contributed by atoms with Crippen LogP contribution in [0.4, 0.5) is 0 Å². The van der Waals surface area contributed by atoms with E-state index in [0.29, 0.717) is 18.7 Å². The van der Waals surface area contributed by atoms with Crippen molar-refractivity contribution in [1.29, 1.82) is 0 Å². The van der Waals surface area contributed by atoms with E-state index in [0.717, 1.165) is 18.6 Å². The number of hydrogen-bond acceptors (Lipinski definition) is 5. The van der Waals surface area contributed by atoms with Gasteiger partial charge in [0.05, 0.1) is 5.25 Å². The summed E-state index contributed by atoms with van der Waals surface area (Å²) in [6.07, 6.45) is 3.12. The monoisotopic (exact) mass is 270 g/mol. The molecule has 0 saturated carbocycles. The highest BCUT2D eigenvalue weighted by molar-refractivity contribution is 7.99. The van der Waals surface area contributed by atoms with Gasteiger partial charge < -0.3 is 5.11 Å². The quantitative estimate of drug-likeness (QED) is 0.879. The van der Waals surface area contributed by atoms with Gasteiger partial charge in [-0.15, -0.1) is 5.10 Å². The number of carboxylic acids is 1. The third kappa shape index (κ3) is 2.00. The Morgan fingerprint density at radius 2 is 2.28 bits per heavy atom.